The molecule has 1 fully saturated rings. The van der Waals surface area contributed by atoms with Crippen molar-refractivity contribution in [2.45, 2.75) is 64.9 Å². The third-order valence-corrected chi connectivity index (χ3v) is 4.67. The molecule has 0 spiro atoms. The van der Waals surface area contributed by atoms with Crippen molar-refractivity contribution in [2.24, 2.45) is 0 Å². The van der Waals surface area contributed by atoms with Crippen LogP contribution in [0.2, 0.25) is 19.6 Å². The number of ether oxygens (including phenoxy) is 2. The first-order valence-corrected chi connectivity index (χ1v) is 12.6. The van der Waals surface area contributed by atoms with Gasteiger partial charge in [0.05, 0.1) is 17.8 Å². The minimum atomic E-state index is -1.47. The van der Waals surface area contributed by atoms with Crippen molar-refractivity contribution >= 4 is 14.2 Å². The number of hydrogen-bond acceptors (Lipinski definition) is 4. The predicted octanol–water partition coefficient (Wildman–Crippen LogP) is 4.09. The quantitative estimate of drug-likeness (QED) is 0.591. The fourth-order valence-corrected chi connectivity index (χ4v) is 3.12. The van der Waals surface area contributed by atoms with Crippen LogP contribution in [0.1, 0.15) is 39.2 Å². The number of nitrogens with zero attached hydrogens (tertiary/aromatic N) is 2. The zero-order chi connectivity index (χ0) is 19.4. The molecule has 1 saturated heterocycles. The van der Waals surface area contributed by atoms with Crippen molar-refractivity contribution < 1.29 is 14.3 Å². The molecule has 142 valence electrons. The lowest BCUT2D eigenvalue weighted by atomic mass is 10.2. The Kier molecular flexibility index (Phi) is 6.35. The van der Waals surface area contributed by atoms with Crippen LogP contribution in [0.15, 0.2) is 18.5 Å². The maximum absolute atomic E-state index is 12.4. The lowest BCUT2D eigenvalue weighted by Gasteiger charge is -2.28. The van der Waals surface area contributed by atoms with Crippen molar-refractivity contribution in [3.05, 3.63) is 24.0 Å². The van der Waals surface area contributed by atoms with Crippen molar-refractivity contribution in [3.8, 4) is 17.2 Å². The van der Waals surface area contributed by atoms with E-state index in [2.05, 4.69) is 36.1 Å². The molecule has 0 unspecified atom stereocenters. The van der Waals surface area contributed by atoms with Gasteiger partial charge in [0.1, 0.15) is 20.3 Å². The van der Waals surface area contributed by atoms with Gasteiger partial charge in [-0.1, -0.05) is 25.6 Å². The molecule has 5 nitrogen and oxygen atoms in total. The lowest BCUT2D eigenvalue weighted by Crippen LogP contribution is -2.42. The first-order valence-electron chi connectivity index (χ1n) is 9.15. The first kappa shape index (κ1) is 20.3. The number of likely N-dealkylation sites (tertiary alicyclic amines) is 1. The van der Waals surface area contributed by atoms with Crippen LogP contribution in [-0.2, 0) is 4.74 Å². The summed E-state index contributed by atoms with van der Waals surface area (Å²) >= 11 is 0. The van der Waals surface area contributed by atoms with Gasteiger partial charge in [-0.2, -0.15) is 0 Å². The second-order valence-corrected chi connectivity index (χ2v) is 13.4. The lowest BCUT2D eigenvalue weighted by molar-refractivity contribution is 0.0187. The molecule has 2 rings (SSSR count). The molecule has 0 radical (unpaired) electrons. The highest BCUT2D eigenvalue weighted by Gasteiger charge is 2.32. The minimum absolute atomic E-state index is 0.0165. The Labute approximate surface area is 158 Å². The van der Waals surface area contributed by atoms with E-state index in [1.807, 2.05) is 26.8 Å². The summed E-state index contributed by atoms with van der Waals surface area (Å²) in [4.78, 5) is 18.3. The van der Waals surface area contributed by atoms with E-state index in [1.165, 1.54) is 0 Å². The molecule has 0 aromatic carbocycles. The molecule has 1 atom stereocenters. The number of hydrogen-bond donors (Lipinski definition) is 0. The topological polar surface area (TPSA) is 51.7 Å². The predicted molar refractivity (Wildman–Crippen MR) is 106 cm³/mol. The third-order valence-electron chi connectivity index (χ3n) is 3.79. The Morgan fingerprint density at radius 3 is 2.77 bits per heavy atom. The van der Waals surface area contributed by atoms with E-state index < -0.39 is 13.7 Å². The number of aromatic nitrogens is 1. The summed E-state index contributed by atoms with van der Waals surface area (Å²) in [6.07, 6.45) is 5.02. The summed E-state index contributed by atoms with van der Waals surface area (Å²) in [5, 5.41) is 0. The number of rotatable bonds is 3. The van der Waals surface area contributed by atoms with Gasteiger partial charge in [-0.15, -0.1) is 5.54 Å². The summed E-state index contributed by atoms with van der Waals surface area (Å²) in [5.41, 5.74) is 3.71. The third kappa shape index (κ3) is 6.38. The highest BCUT2D eigenvalue weighted by Crippen LogP contribution is 2.23. The number of carbonyl (C=O) groups is 1. The van der Waals surface area contributed by atoms with Crippen LogP contribution in [0.4, 0.5) is 4.79 Å². The van der Waals surface area contributed by atoms with Gasteiger partial charge in [-0.3, -0.25) is 4.98 Å². The van der Waals surface area contributed by atoms with Gasteiger partial charge in [-0.25, -0.2) is 4.79 Å². The van der Waals surface area contributed by atoms with E-state index in [0.717, 1.165) is 18.4 Å². The summed E-state index contributed by atoms with van der Waals surface area (Å²) in [6.45, 7) is 13.4. The van der Waals surface area contributed by atoms with E-state index in [-0.39, 0.29) is 12.1 Å². The van der Waals surface area contributed by atoms with Gasteiger partial charge in [0.2, 0.25) is 0 Å². The summed E-state index contributed by atoms with van der Waals surface area (Å²) in [5.74, 6) is 3.91. The van der Waals surface area contributed by atoms with Gasteiger partial charge < -0.3 is 14.4 Å². The first-order chi connectivity index (χ1) is 12.1. The summed E-state index contributed by atoms with van der Waals surface area (Å²) in [6, 6.07) is 1.89. The van der Waals surface area contributed by atoms with E-state index in [0.29, 0.717) is 18.9 Å². The Bertz CT molecular complexity index is 695. The van der Waals surface area contributed by atoms with Crippen LogP contribution in [0, 0.1) is 11.5 Å². The fourth-order valence-electron chi connectivity index (χ4n) is 2.61. The van der Waals surface area contributed by atoms with Gasteiger partial charge in [0.15, 0.2) is 5.75 Å². The van der Waals surface area contributed by atoms with Crippen molar-refractivity contribution in [2.75, 3.05) is 13.2 Å². The van der Waals surface area contributed by atoms with E-state index >= 15 is 0 Å². The molecular formula is C20H30N2O3Si. The molecule has 1 aromatic rings. The number of amides is 1. The molecule has 1 aliphatic heterocycles. The molecule has 2 heterocycles. The van der Waals surface area contributed by atoms with Crippen LogP contribution in [-0.4, -0.2) is 48.8 Å². The average molecular weight is 375 g/mol. The van der Waals surface area contributed by atoms with E-state index in [4.69, 9.17) is 9.47 Å². The number of carbonyl (C=O) groups excluding carboxylic acids is 1. The monoisotopic (exact) mass is 374 g/mol. The van der Waals surface area contributed by atoms with Crippen molar-refractivity contribution in [3.63, 3.8) is 0 Å². The normalized spacial score (nSPS) is 17.5. The SMILES string of the molecule is CC(C)(C)OC(=O)N1CCC[C@@H]1COc1cnccc1C#C[Si](C)(C)C. The maximum atomic E-state index is 12.4. The molecule has 0 saturated carbocycles. The second kappa shape index (κ2) is 8.13. The van der Waals surface area contributed by atoms with Crippen molar-refractivity contribution in [1.29, 1.82) is 0 Å². The Hall–Kier alpha value is -2.00. The Morgan fingerprint density at radius 1 is 1.38 bits per heavy atom. The smallest absolute Gasteiger partial charge is 0.410 e. The van der Waals surface area contributed by atoms with Gasteiger partial charge in [-0.05, 0) is 39.7 Å². The molecule has 26 heavy (non-hydrogen) atoms. The zero-order valence-corrected chi connectivity index (χ0v) is 17.8. The highest BCUT2D eigenvalue weighted by molar-refractivity contribution is 6.83. The summed E-state index contributed by atoms with van der Waals surface area (Å²) < 4.78 is 11.5. The van der Waals surface area contributed by atoms with Crippen LogP contribution in [0.5, 0.6) is 5.75 Å². The molecule has 0 aliphatic carbocycles. The largest absolute Gasteiger partial charge is 0.489 e. The zero-order valence-electron chi connectivity index (χ0n) is 16.8. The van der Waals surface area contributed by atoms with Crippen LogP contribution >= 0.6 is 0 Å². The minimum Gasteiger partial charge on any atom is -0.489 e. The molecule has 1 aliphatic rings. The van der Waals surface area contributed by atoms with Gasteiger partial charge in [0.25, 0.3) is 0 Å². The van der Waals surface area contributed by atoms with Crippen LogP contribution < -0.4 is 4.74 Å². The summed E-state index contributed by atoms with van der Waals surface area (Å²) in [7, 11) is -1.47. The van der Waals surface area contributed by atoms with Gasteiger partial charge >= 0.3 is 6.09 Å². The molecule has 0 N–H and O–H groups in total. The molecule has 1 amide bonds. The Morgan fingerprint density at radius 2 is 2.12 bits per heavy atom. The molecule has 1 aromatic heterocycles. The van der Waals surface area contributed by atoms with Crippen molar-refractivity contribution in [1.82, 2.24) is 9.88 Å². The van der Waals surface area contributed by atoms with Crippen LogP contribution in [0.3, 0.4) is 0 Å². The second-order valence-electron chi connectivity index (χ2n) is 8.65. The Balaban J connectivity index is 2.04. The highest BCUT2D eigenvalue weighted by atomic mass is 28.3. The van der Waals surface area contributed by atoms with E-state index in [9.17, 15) is 4.79 Å². The molecule has 6 heteroatoms. The van der Waals surface area contributed by atoms with Gasteiger partial charge in [0, 0.05) is 12.7 Å². The molecule has 0 bridgehead atoms. The standard InChI is InChI=1S/C20H30N2O3Si/c1-20(2,3)25-19(23)22-12-7-8-17(22)15-24-18-14-21-11-9-16(18)10-13-26(4,5)6/h9,11,14,17H,7-8,12,15H2,1-6H3/t17-/m1/s1. The average Bonchev–Trinajstić information content (AvgIpc) is 2.98. The van der Waals surface area contributed by atoms with E-state index in [1.54, 1.807) is 17.3 Å². The maximum Gasteiger partial charge on any atom is 0.410 e. The fraction of sp³-hybridized carbons (Fsp3) is 0.600. The number of pyridine rings is 1. The molecular weight excluding hydrogens is 344 g/mol. The van der Waals surface area contributed by atoms with Crippen LogP contribution in [0.25, 0.3) is 0 Å².